The van der Waals surface area contributed by atoms with E-state index in [1.165, 1.54) is 0 Å². The Labute approximate surface area is 200 Å². The van der Waals surface area contributed by atoms with Crippen LogP contribution in [0.4, 0.5) is 21.9 Å². The van der Waals surface area contributed by atoms with E-state index in [4.69, 9.17) is 4.74 Å². The second-order valence-corrected chi connectivity index (χ2v) is 9.16. The Hall–Kier alpha value is -3.10. The molecular formula is C26H35N3O5. The van der Waals surface area contributed by atoms with Crippen LogP contribution in [0.3, 0.4) is 0 Å². The van der Waals surface area contributed by atoms with Gasteiger partial charge in [-0.15, -0.1) is 0 Å². The lowest BCUT2D eigenvalue weighted by Crippen LogP contribution is -2.60. The van der Waals surface area contributed by atoms with Gasteiger partial charge in [-0.25, -0.2) is 4.79 Å². The highest BCUT2D eigenvalue weighted by Crippen LogP contribution is 2.38. The molecular weight excluding hydrogens is 434 g/mol. The Bertz CT molecular complexity index is 1010. The van der Waals surface area contributed by atoms with Crippen LogP contribution in [0.2, 0.25) is 0 Å². The van der Waals surface area contributed by atoms with Crippen molar-refractivity contribution in [1.29, 1.82) is 0 Å². The molecule has 3 rings (SSSR count). The van der Waals surface area contributed by atoms with Crippen molar-refractivity contribution in [1.82, 2.24) is 0 Å². The van der Waals surface area contributed by atoms with Gasteiger partial charge in [0.15, 0.2) is 5.72 Å². The van der Waals surface area contributed by atoms with Crippen LogP contribution in [0.5, 0.6) is 0 Å². The SMILES string of the molecule is CC[C@H](CC(=O)O)c1ccc(N2CCOC[C@@]2(O)C(C)C)c(NC(=O)Nc2ccc(C)cc2)c1. The summed E-state index contributed by atoms with van der Waals surface area (Å²) in [6.45, 7) is 8.81. The van der Waals surface area contributed by atoms with Crippen LogP contribution in [0, 0.1) is 12.8 Å². The maximum absolute atomic E-state index is 12.9. The molecule has 2 aromatic carbocycles. The number of benzene rings is 2. The molecule has 0 spiro atoms. The first-order valence-electron chi connectivity index (χ1n) is 11.7. The summed E-state index contributed by atoms with van der Waals surface area (Å²) < 4.78 is 5.57. The number of carboxylic acid groups (broad SMARTS) is 1. The number of carboxylic acids is 1. The van der Waals surface area contributed by atoms with Crippen LogP contribution >= 0.6 is 0 Å². The normalized spacial score (nSPS) is 19.1. The molecule has 8 heteroatoms. The van der Waals surface area contributed by atoms with E-state index in [0.717, 1.165) is 11.1 Å². The van der Waals surface area contributed by atoms with E-state index in [1.807, 2.05) is 75.1 Å². The van der Waals surface area contributed by atoms with E-state index >= 15 is 0 Å². The molecule has 0 radical (unpaired) electrons. The van der Waals surface area contributed by atoms with E-state index < -0.39 is 17.7 Å². The third kappa shape index (κ3) is 5.87. The zero-order chi connectivity index (χ0) is 24.9. The van der Waals surface area contributed by atoms with Crippen molar-refractivity contribution < 1.29 is 24.5 Å². The summed E-state index contributed by atoms with van der Waals surface area (Å²) in [6, 6.07) is 12.6. The van der Waals surface area contributed by atoms with Gasteiger partial charge < -0.3 is 30.5 Å². The summed E-state index contributed by atoms with van der Waals surface area (Å²) in [5.41, 5.74) is 2.49. The number of ether oxygens (including phenoxy) is 1. The summed E-state index contributed by atoms with van der Waals surface area (Å²) in [5.74, 6) is -1.19. The molecule has 0 unspecified atom stereocenters. The first-order valence-corrected chi connectivity index (χ1v) is 11.7. The molecule has 8 nitrogen and oxygen atoms in total. The number of hydrogen-bond acceptors (Lipinski definition) is 5. The average Bonchev–Trinajstić information content (AvgIpc) is 2.79. The van der Waals surface area contributed by atoms with Gasteiger partial charge in [-0.3, -0.25) is 4.79 Å². The Morgan fingerprint density at radius 2 is 1.85 bits per heavy atom. The summed E-state index contributed by atoms with van der Waals surface area (Å²) in [6.07, 6.45) is 0.645. The fourth-order valence-corrected chi connectivity index (χ4v) is 4.23. The number of urea groups is 1. The third-order valence-electron chi connectivity index (χ3n) is 6.42. The van der Waals surface area contributed by atoms with Gasteiger partial charge in [0.2, 0.25) is 0 Å². The molecule has 2 atom stereocenters. The number of amides is 2. The molecule has 2 amide bonds. The van der Waals surface area contributed by atoms with E-state index in [9.17, 15) is 19.8 Å². The van der Waals surface area contributed by atoms with Gasteiger partial charge in [0.25, 0.3) is 0 Å². The molecule has 1 aliphatic rings. The number of carbonyl (C=O) groups is 2. The second kappa shape index (κ2) is 10.9. The fraction of sp³-hybridized carbons (Fsp3) is 0.462. The Morgan fingerprint density at radius 1 is 1.15 bits per heavy atom. The van der Waals surface area contributed by atoms with Gasteiger partial charge in [0, 0.05) is 18.2 Å². The van der Waals surface area contributed by atoms with Crippen LogP contribution < -0.4 is 15.5 Å². The standard InChI is InChI=1S/C26H35N3O5/c1-5-19(15-24(30)31)20-8-11-23(29-12-13-34-16-26(29,33)17(2)3)22(14-20)28-25(32)27-21-9-6-18(4)7-10-21/h6-11,14,17,19,33H,5,12-13,15-16H2,1-4H3,(H,30,31)(H2,27,28,32)/t19-,26-/m1/s1. The van der Waals surface area contributed by atoms with Gasteiger partial charge in [0.1, 0.15) is 0 Å². The number of nitrogens with zero attached hydrogens (tertiary/aromatic N) is 1. The maximum Gasteiger partial charge on any atom is 0.323 e. The highest BCUT2D eigenvalue weighted by Gasteiger charge is 2.41. The number of nitrogens with one attached hydrogen (secondary N) is 2. The van der Waals surface area contributed by atoms with Gasteiger partial charge in [-0.1, -0.05) is 44.5 Å². The van der Waals surface area contributed by atoms with E-state index in [0.29, 0.717) is 36.6 Å². The molecule has 34 heavy (non-hydrogen) atoms. The number of aryl methyl sites for hydroxylation is 1. The monoisotopic (exact) mass is 469 g/mol. The number of aliphatic carboxylic acids is 1. The van der Waals surface area contributed by atoms with E-state index in [2.05, 4.69) is 10.6 Å². The molecule has 0 bridgehead atoms. The predicted octanol–water partition coefficient (Wildman–Crippen LogP) is 4.79. The molecule has 4 N–H and O–H groups in total. The van der Waals surface area contributed by atoms with Crippen molar-refractivity contribution in [2.24, 2.45) is 5.92 Å². The zero-order valence-electron chi connectivity index (χ0n) is 20.3. The number of morpholine rings is 1. The highest BCUT2D eigenvalue weighted by molar-refractivity contribution is 6.02. The minimum Gasteiger partial charge on any atom is -0.481 e. The van der Waals surface area contributed by atoms with Crippen molar-refractivity contribution in [3.63, 3.8) is 0 Å². The Balaban J connectivity index is 1.98. The fourth-order valence-electron chi connectivity index (χ4n) is 4.23. The first-order chi connectivity index (χ1) is 16.1. The number of anilines is 3. The topological polar surface area (TPSA) is 111 Å². The lowest BCUT2D eigenvalue weighted by atomic mass is 9.91. The van der Waals surface area contributed by atoms with Crippen LogP contribution in [-0.2, 0) is 9.53 Å². The summed E-state index contributed by atoms with van der Waals surface area (Å²) in [4.78, 5) is 26.1. The number of carbonyl (C=O) groups excluding carboxylic acids is 1. The van der Waals surface area contributed by atoms with Gasteiger partial charge in [0.05, 0.1) is 31.0 Å². The predicted molar refractivity (Wildman–Crippen MR) is 133 cm³/mol. The van der Waals surface area contributed by atoms with Crippen molar-refractivity contribution in [3.05, 3.63) is 53.6 Å². The summed E-state index contributed by atoms with van der Waals surface area (Å²) in [5, 5.41) is 26.5. The first kappa shape index (κ1) is 25.5. The van der Waals surface area contributed by atoms with Gasteiger partial charge in [-0.2, -0.15) is 0 Å². The molecule has 1 fully saturated rings. The molecule has 0 aromatic heterocycles. The minimum atomic E-state index is -1.24. The van der Waals surface area contributed by atoms with E-state index in [-0.39, 0.29) is 24.9 Å². The number of aliphatic hydroxyl groups is 1. The second-order valence-electron chi connectivity index (χ2n) is 9.16. The van der Waals surface area contributed by atoms with E-state index in [1.54, 1.807) is 0 Å². The minimum absolute atomic E-state index is 0.00165. The smallest absolute Gasteiger partial charge is 0.323 e. The van der Waals surface area contributed by atoms with Crippen molar-refractivity contribution >= 4 is 29.1 Å². The number of hydrogen-bond donors (Lipinski definition) is 4. The highest BCUT2D eigenvalue weighted by atomic mass is 16.5. The number of rotatable bonds is 8. The molecule has 184 valence electrons. The van der Waals surface area contributed by atoms with Crippen molar-refractivity contribution in [3.8, 4) is 0 Å². The van der Waals surface area contributed by atoms with Gasteiger partial charge >= 0.3 is 12.0 Å². The molecule has 1 aliphatic heterocycles. The molecule has 1 heterocycles. The maximum atomic E-state index is 12.9. The summed E-state index contributed by atoms with van der Waals surface area (Å²) in [7, 11) is 0. The lowest BCUT2D eigenvalue weighted by molar-refractivity contribution is -0.137. The van der Waals surface area contributed by atoms with Crippen molar-refractivity contribution in [2.45, 2.75) is 52.2 Å². The summed E-state index contributed by atoms with van der Waals surface area (Å²) >= 11 is 0. The Kier molecular flexibility index (Phi) is 8.17. The molecule has 0 aliphatic carbocycles. The molecule has 0 saturated carbocycles. The van der Waals surface area contributed by atoms with Gasteiger partial charge in [-0.05, 0) is 49.1 Å². The van der Waals surface area contributed by atoms with Crippen LogP contribution in [0.25, 0.3) is 0 Å². The van der Waals surface area contributed by atoms with Crippen LogP contribution in [-0.4, -0.2) is 47.7 Å². The quantitative estimate of drug-likeness (QED) is 0.442. The van der Waals surface area contributed by atoms with Crippen LogP contribution in [0.1, 0.15) is 50.7 Å². The zero-order valence-corrected chi connectivity index (χ0v) is 20.3. The lowest BCUT2D eigenvalue weighted by Gasteiger charge is -2.47. The van der Waals surface area contributed by atoms with Crippen LogP contribution in [0.15, 0.2) is 42.5 Å². The third-order valence-corrected chi connectivity index (χ3v) is 6.42. The molecule has 1 saturated heterocycles. The Morgan fingerprint density at radius 3 is 2.47 bits per heavy atom. The largest absolute Gasteiger partial charge is 0.481 e. The molecule has 2 aromatic rings. The van der Waals surface area contributed by atoms with Crippen molar-refractivity contribution in [2.75, 3.05) is 35.3 Å². The average molecular weight is 470 g/mol.